The minimum atomic E-state index is 0.0656. The van der Waals surface area contributed by atoms with Crippen LogP contribution >= 0.6 is 0 Å². The first-order valence-electron chi connectivity index (χ1n) is 8.00. The van der Waals surface area contributed by atoms with Crippen LogP contribution in [0.2, 0.25) is 0 Å². The highest BCUT2D eigenvalue weighted by atomic mass is 16.5. The Morgan fingerprint density at radius 1 is 1.05 bits per heavy atom. The van der Waals surface area contributed by atoms with Crippen LogP contribution in [0.25, 0.3) is 0 Å². The monoisotopic (exact) mass is 294 g/mol. The van der Waals surface area contributed by atoms with Crippen molar-refractivity contribution in [1.82, 2.24) is 10.2 Å². The molecule has 0 aromatic heterocycles. The Labute approximate surface area is 131 Å². The molecule has 2 atom stereocenters. The maximum absolute atomic E-state index is 5.69. The smallest absolute Gasteiger partial charge is 0.0971 e. The molecular formula is C19H22N2O. The number of ether oxygens (including phenoxy) is 1. The summed E-state index contributed by atoms with van der Waals surface area (Å²) >= 11 is 0. The Bertz CT molecular complexity index is 608. The van der Waals surface area contributed by atoms with E-state index in [0.29, 0.717) is 12.6 Å². The second-order valence-electron chi connectivity index (χ2n) is 6.44. The predicted octanol–water partition coefficient (Wildman–Crippen LogP) is 2.60. The van der Waals surface area contributed by atoms with Crippen LogP contribution in [0.5, 0.6) is 0 Å². The van der Waals surface area contributed by atoms with E-state index in [1.807, 2.05) is 0 Å². The standard InChI is InChI=1S/C19H22N2O/c1-3-7-16(8-4-1)11-21-12-18(17-9-5-2-6-10-17)19(13-21)14-22-15-20-19/h1-10,18,20H,11-15H2/t18-,19-/m0/s1. The second kappa shape index (κ2) is 5.84. The van der Waals surface area contributed by atoms with E-state index < -0.39 is 0 Å². The highest BCUT2D eigenvalue weighted by Gasteiger charge is 2.49. The van der Waals surface area contributed by atoms with E-state index in [-0.39, 0.29) is 5.54 Å². The third kappa shape index (κ3) is 2.56. The number of likely N-dealkylation sites (tertiary alicyclic amines) is 1. The van der Waals surface area contributed by atoms with Crippen molar-refractivity contribution in [2.75, 3.05) is 26.4 Å². The summed E-state index contributed by atoms with van der Waals surface area (Å²) in [5.74, 6) is 0.486. The summed E-state index contributed by atoms with van der Waals surface area (Å²) in [7, 11) is 0. The highest BCUT2D eigenvalue weighted by Crippen LogP contribution is 2.38. The van der Waals surface area contributed by atoms with Crippen LogP contribution in [-0.4, -0.2) is 36.9 Å². The molecule has 2 aromatic carbocycles. The number of benzene rings is 2. The minimum absolute atomic E-state index is 0.0656. The minimum Gasteiger partial charge on any atom is -0.364 e. The quantitative estimate of drug-likeness (QED) is 0.942. The molecule has 2 aromatic rings. The van der Waals surface area contributed by atoms with Gasteiger partial charge in [0.2, 0.25) is 0 Å². The predicted molar refractivity (Wildman–Crippen MR) is 87.6 cm³/mol. The van der Waals surface area contributed by atoms with E-state index in [1.54, 1.807) is 0 Å². The molecule has 2 heterocycles. The van der Waals surface area contributed by atoms with Crippen molar-refractivity contribution in [2.45, 2.75) is 18.0 Å². The molecule has 3 nitrogen and oxygen atoms in total. The van der Waals surface area contributed by atoms with Gasteiger partial charge in [0.15, 0.2) is 0 Å². The van der Waals surface area contributed by atoms with Gasteiger partial charge in [0.05, 0.1) is 18.9 Å². The molecule has 2 saturated heterocycles. The van der Waals surface area contributed by atoms with Gasteiger partial charge in [0.25, 0.3) is 0 Å². The SMILES string of the molecule is c1ccc(CN2C[C@@H](c3ccccc3)[C@@]3(COCN3)C2)cc1. The van der Waals surface area contributed by atoms with Crippen molar-refractivity contribution in [3.63, 3.8) is 0 Å². The fraction of sp³-hybridized carbons (Fsp3) is 0.368. The van der Waals surface area contributed by atoms with E-state index in [9.17, 15) is 0 Å². The molecule has 3 heteroatoms. The van der Waals surface area contributed by atoms with Crippen molar-refractivity contribution >= 4 is 0 Å². The van der Waals surface area contributed by atoms with Crippen LogP contribution in [0.3, 0.4) is 0 Å². The molecule has 0 radical (unpaired) electrons. The molecule has 0 aliphatic carbocycles. The molecule has 22 heavy (non-hydrogen) atoms. The Morgan fingerprint density at radius 2 is 1.77 bits per heavy atom. The Kier molecular flexibility index (Phi) is 3.70. The van der Waals surface area contributed by atoms with E-state index in [1.165, 1.54) is 11.1 Å². The van der Waals surface area contributed by atoms with Crippen LogP contribution < -0.4 is 5.32 Å². The van der Waals surface area contributed by atoms with Gasteiger partial charge in [-0.1, -0.05) is 60.7 Å². The third-order valence-corrected chi connectivity index (χ3v) is 4.95. The first kappa shape index (κ1) is 13.9. The molecule has 2 aliphatic heterocycles. The molecule has 1 spiro atoms. The number of hydrogen-bond acceptors (Lipinski definition) is 3. The molecule has 0 bridgehead atoms. The number of rotatable bonds is 3. The van der Waals surface area contributed by atoms with Crippen molar-refractivity contribution in [3.05, 3.63) is 71.8 Å². The molecule has 0 amide bonds. The average Bonchev–Trinajstić information content (AvgIpc) is 3.17. The Hall–Kier alpha value is -1.68. The molecule has 2 aliphatic rings. The lowest BCUT2D eigenvalue weighted by molar-refractivity contribution is 0.173. The van der Waals surface area contributed by atoms with Crippen LogP contribution in [0.4, 0.5) is 0 Å². The van der Waals surface area contributed by atoms with Gasteiger partial charge in [-0.05, 0) is 11.1 Å². The number of nitrogens with zero attached hydrogens (tertiary/aromatic N) is 1. The molecule has 1 N–H and O–H groups in total. The fourth-order valence-corrected chi connectivity index (χ4v) is 3.88. The van der Waals surface area contributed by atoms with E-state index in [2.05, 4.69) is 70.9 Å². The van der Waals surface area contributed by atoms with Crippen molar-refractivity contribution < 1.29 is 4.74 Å². The third-order valence-electron chi connectivity index (χ3n) is 4.95. The lowest BCUT2D eigenvalue weighted by Gasteiger charge is -2.29. The topological polar surface area (TPSA) is 24.5 Å². The Morgan fingerprint density at radius 3 is 2.45 bits per heavy atom. The summed E-state index contributed by atoms with van der Waals surface area (Å²) in [6.07, 6.45) is 0. The highest BCUT2D eigenvalue weighted by molar-refractivity contribution is 5.28. The van der Waals surface area contributed by atoms with Crippen LogP contribution in [-0.2, 0) is 11.3 Å². The molecule has 0 saturated carbocycles. The second-order valence-corrected chi connectivity index (χ2v) is 6.44. The number of nitrogens with one attached hydrogen (secondary N) is 1. The van der Waals surface area contributed by atoms with E-state index in [4.69, 9.17) is 4.74 Å². The summed E-state index contributed by atoms with van der Waals surface area (Å²) in [6.45, 7) is 4.60. The van der Waals surface area contributed by atoms with Crippen LogP contribution in [0, 0.1) is 0 Å². The van der Waals surface area contributed by atoms with Crippen LogP contribution in [0.1, 0.15) is 17.0 Å². The molecular weight excluding hydrogens is 272 g/mol. The molecule has 2 fully saturated rings. The van der Waals surface area contributed by atoms with Gasteiger partial charge in [0.1, 0.15) is 0 Å². The van der Waals surface area contributed by atoms with Crippen molar-refractivity contribution in [1.29, 1.82) is 0 Å². The first-order chi connectivity index (χ1) is 10.9. The molecule has 0 unspecified atom stereocenters. The summed E-state index contributed by atoms with van der Waals surface area (Å²) in [5, 5.41) is 3.63. The van der Waals surface area contributed by atoms with Crippen molar-refractivity contribution in [3.8, 4) is 0 Å². The summed E-state index contributed by atoms with van der Waals surface area (Å²) in [4.78, 5) is 2.55. The maximum atomic E-state index is 5.69. The van der Waals surface area contributed by atoms with Gasteiger partial charge < -0.3 is 4.74 Å². The van der Waals surface area contributed by atoms with Gasteiger partial charge >= 0.3 is 0 Å². The maximum Gasteiger partial charge on any atom is 0.0971 e. The zero-order valence-corrected chi connectivity index (χ0v) is 12.7. The zero-order chi connectivity index (χ0) is 14.8. The zero-order valence-electron chi connectivity index (χ0n) is 12.7. The van der Waals surface area contributed by atoms with Crippen molar-refractivity contribution in [2.24, 2.45) is 0 Å². The lowest BCUT2D eigenvalue weighted by Crippen LogP contribution is -2.48. The van der Waals surface area contributed by atoms with E-state index in [0.717, 1.165) is 26.2 Å². The largest absolute Gasteiger partial charge is 0.364 e. The Balaban J connectivity index is 1.58. The molecule has 114 valence electrons. The fourth-order valence-electron chi connectivity index (χ4n) is 3.88. The summed E-state index contributed by atoms with van der Waals surface area (Å²) in [5.41, 5.74) is 2.86. The normalized spacial score (nSPS) is 28.5. The van der Waals surface area contributed by atoms with Gasteiger partial charge in [-0.25, -0.2) is 0 Å². The van der Waals surface area contributed by atoms with Gasteiger partial charge in [-0.2, -0.15) is 0 Å². The lowest BCUT2D eigenvalue weighted by atomic mass is 9.83. The van der Waals surface area contributed by atoms with Gasteiger partial charge in [-0.15, -0.1) is 0 Å². The summed E-state index contributed by atoms with van der Waals surface area (Å²) in [6, 6.07) is 21.6. The molecule has 4 rings (SSSR count). The van der Waals surface area contributed by atoms with Crippen LogP contribution in [0.15, 0.2) is 60.7 Å². The first-order valence-corrected chi connectivity index (χ1v) is 8.00. The average molecular weight is 294 g/mol. The van der Waals surface area contributed by atoms with Gasteiger partial charge in [-0.3, -0.25) is 10.2 Å². The summed E-state index contributed by atoms with van der Waals surface area (Å²) < 4.78 is 5.69. The number of hydrogen-bond donors (Lipinski definition) is 1. The van der Waals surface area contributed by atoms with Gasteiger partial charge in [0, 0.05) is 25.6 Å². The van der Waals surface area contributed by atoms with E-state index >= 15 is 0 Å².